The fourth-order valence-electron chi connectivity index (χ4n) is 1.91. The molecule has 0 atom stereocenters. The Balaban J connectivity index is 2.51. The van der Waals surface area contributed by atoms with Crippen LogP contribution in [0.3, 0.4) is 0 Å². The molecule has 0 bridgehead atoms. The van der Waals surface area contributed by atoms with Crippen LogP contribution < -0.4 is 4.74 Å². The molecule has 0 aromatic heterocycles. The highest BCUT2D eigenvalue weighted by Crippen LogP contribution is 2.34. The summed E-state index contributed by atoms with van der Waals surface area (Å²) in [4.78, 5) is 21.9. The zero-order valence-corrected chi connectivity index (χ0v) is 11.4. The lowest BCUT2D eigenvalue weighted by molar-refractivity contribution is -0.385. The normalized spacial score (nSPS) is 10.2. The molecule has 0 N–H and O–H groups in total. The number of carbonyl (C=O) groups excluding carboxylic acids is 1. The number of hydrogen-bond acceptors (Lipinski definition) is 4. The number of rotatable bonds is 4. The first-order valence-electron chi connectivity index (χ1n) is 6.13. The Bertz CT molecular complexity index is 728. The van der Waals surface area contributed by atoms with Crippen LogP contribution in [0.15, 0.2) is 36.4 Å². The summed E-state index contributed by atoms with van der Waals surface area (Å²) < 4.78 is 19.3. The summed E-state index contributed by atoms with van der Waals surface area (Å²) in [6.45, 7) is 2.80. The standard InChI is InChI=1S/C15H12FNO4/c1-9-13(17(19)20)7-4-8-14(9)21-15-11(10(2)18)5-3-6-12(15)16/h3-8H,1-2H3. The van der Waals surface area contributed by atoms with Crippen LogP contribution in [0, 0.1) is 22.9 Å². The summed E-state index contributed by atoms with van der Waals surface area (Å²) in [5, 5.41) is 10.9. The lowest BCUT2D eigenvalue weighted by Gasteiger charge is -2.12. The average molecular weight is 289 g/mol. The maximum atomic E-state index is 13.9. The molecule has 21 heavy (non-hydrogen) atoms. The van der Waals surface area contributed by atoms with Crippen LogP contribution in [0.2, 0.25) is 0 Å². The molecule has 0 fully saturated rings. The number of halogens is 1. The molecule has 6 heteroatoms. The first-order valence-corrected chi connectivity index (χ1v) is 6.13. The zero-order valence-electron chi connectivity index (χ0n) is 11.4. The molecule has 0 saturated carbocycles. The summed E-state index contributed by atoms with van der Waals surface area (Å²) in [6, 6.07) is 8.25. The quantitative estimate of drug-likeness (QED) is 0.484. The fourth-order valence-corrected chi connectivity index (χ4v) is 1.91. The van der Waals surface area contributed by atoms with E-state index in [1.54, 1.807) is 0 Å². The number of para-hydroxylation sites is 1. The third-order valence-electron chi connectivity index (χ3n) is 3.01. The Morgan fingerprint density at radius 3 is 2.52 bits per heavy atom. The third kappa shape index (κ3) is 2.89. The van der Waals surface area contributed by atoms with Crippen LogP contribution in [-0.4, -0.2) is 10.7 Å². The predicted octanol–water partition coefficient (Wildman–Crippen LogP) is 4.04. The molecule has 0 aliphatic carbocycles. The van der Waals surface area contributed by atoms with E-state index in [0.29, 0.717) is 0 Å². The molecular formula is C15H12FNO4. The minimum Gasteiger partial charge on any atom is -0.453 e. The topological polar surface area (TPSA) is 69.4 Å². The van der Waals surface area contributed by atoms with E-state index >= 15 is 0 Å². The Morgan fingerprint density at radius 2 is 1.90 bits per heavy atom. The van der Waals surface area contributed by atoms with Gasteiger partial charge in [-0.05, 0) is 32.0 Å². The highest BCUT2D eigenvalue weighted by Gasteiger charge is 2.19. The molecule has 0 heterocycles. The maximum absolute atomic E-state index is 13.9. The molecule has 0 spiro atoms. The lowest BCUT2D eigenvalue weighted by atomic mass is 10.1. The predicted molar refractivity (Wildman–Crippen MR) is 74.3 cm³/mol. The van der Waals surface area contributed by atoms with E-state index in [1.807, 2.05) is 0 Å². The second-order valence-corrected chi connectivity index (χ2v) is 4.43. The molecule has 108 valence electrons. The van der Waals surface area contributed by atoms with Gasteiger partial charge < -0.3 is 4.74 Å². The van der Waals surface area contributed by atoms with E-state index < -0.39 is 10.7 Å². The first kappa shape index (κ1) is 14.6. The summed E-state index contributed by atoms with van der Waals surface area (Å²) in [6.07, 6.45) is 0. The fraction of sp³-hybridized carbons (Fsp3) is 0.133. The first-order chi connectivity index (χ1) is 9.91. The van der Waals surface area contributed by atoms with Gasteiger partial charge in [0, 0.05) is 6.07 Å². The summed E-state index contributed by atoms with van der Waals surface area (Å²) in [5.74, 6) is -1.15. The van der Waals surface area contributed by atoms with Crippen molar-refractivity contribution in [2.24, 2.45) is 0 Å². The van der Waals surface area contributed by atoms with Gasteiger partial charge in [-0.25, -0.2) is 4.39 Å². The van der Waals surface area contributed by atoms with Gasteiger partial charge in [-0.2, -0.15) is 0 Å². The highest BCUT2D eigenvalue weighted by molar-refractivity contribution is 5.97. The minimum absolute atomic E-state index is 0.0842. The molecule has 0 unspecified atom stereocenters. The van der Waals surface area contributed by atoms with Crippen molar-refractivity contribution in [3.63, 3.8) is 0 Å². The van der Waals surface area contributed by atoms with Crippen molar-refractivity contribution in [1.82, 2.24) is 0 Å². The number of carbonyl (C=O) groups is 1. The van der Waals surface area contributed by atoms with Crippen LogP contribution in [0.5, 0.6) is 11.5 Å². The zero-order chi connectivity index (χ0) is 15.6. The van der Waals surface area contributed by atoms with Gasteiger partial charge in [0.15, 0.2) is 17.3 Å². The molecule has 2 aromatic carbocycles. The van der Waals surface area contributed by atoms with Gasteiger partial charge in [0.1, 0.15) is 5.75 Å². The van der Waals surface area contributed by atoms with Crippen molar-refractivity contribution in [2.75, 3.05) is 0 Å². The Labute approximate surface area is 120 Å². The van der Waals surface area contributed by atoms with Crippen molar-refractivity contribution in [1.29, 1.82) is 0 Å². The molecule has 0 aliphatic rings. The third-order valence-corrected chi connectivity index (χ3v) is 3.01. The van der Waals surface area contributed by atoms with Crippen molar-refractivity contribution in [3.05, 3.63) is 63.5 Å². The van der Waals surface area contributed by atoms with E-state index in [0.717, 1.165) is 6.07 Å². The van der Waals surface area contributed by atoms with Gasteiger partial charge in [0.05, 0.1) is 16.1 Å². The van der Waals surface area contributed by atoms with Crippen molar-refractivity contribution >= 4 is 11.5 Å². The average Bonchev–Trinajstić information content (AvgIpc) is 2.42. The van der Waals surface area contributed by atoms with E-state index in [-0.39, 0.29) is 34.1 Å². The van der Waals surface area contributed by atoms with Gasteiger partial charge in [0.25, 0.3) is 5.69 Å². The molecule has 5 nitrogen and oxygen atoms in total. The maximum Gasteiger partial charge on any atom is 0.276 e. The molecule has 0 saturated heterocycles. The van der Waals surface area contributed by atoms with Gasteiger partial charge in [0.2, 0.25) is 0 Å². The number of nitrogens with zero attached hydrogens (tertiary/aromatic N) is 1. The number of benzene rings is 2. The number of nitro groups is 1. The Kier molecular flexibility index (Phi) is 3.98. The number of ketones is 1. The van der Waals surface area contributed by atoms with Gasteiger partial charge in [-0.3, -0.25) is 14.9 Å². The second-order valence-electron chi connectivity index (χ2n) is 4.43. The van der Waals surface area contributed by atoms with Crippen LogP contribution in [-0.2, 0) is 0 Å². The Hall–Kier alpha value is -2.76. The summed E-state index contributed by atoms with van der Waals surface area (Å²) in [7, 11) is 0. The largest absolute Gasteiger partial charge is 0.453 e. The molecular weight excluding hydrogens is 277 g/mol. The number of Topliss-reactive ketones (excluding diaryl/α,β-unsaturated/α-hetero) is 1. The van der Waals surface area contributed by atoms with E-state index in [4.69, 9.17) is 4.74 Å². The highest BCUT2D eigenvalue weighted by atomic mass is 19.1. The van der Waals surface area contributed by atoms with E-state index in [2.05, 4.69) is 0 Å². The molecule has 0 aliphatic heterocycles. The minimum atomic E-state index is -0.700. The van der Waals surface area contributed by atoms with Gasteiger partial charge in [-0.15, -0.1) is 0 Å². The van der Waals surface area contributed by atoms with Crippen LogP contribution in [0.25, 0.3) is 0 Å². The summed E-state index contributed by atoms with van der Waals surface area (Å²) in [5.41, 5.74) is 0.217. The van der Waals surface area contributed by atoms with Crippen molar-refractivity contribution in [2.45, 2.75) is 13.8 Å². The van der Waals surface area contributed by atoms with Crippen LogP contribution in [0.1, 0.15) is 22.8 Å². The van der Waals surface area contributed by atoms with Gasteiger partial charge in [-0.1, -0.05) is 12.1 Å². The van der Waals surface area contributed by atoms with Crippen LogP contribution >= 0.6 is 0 Å². The molecule has 0 amide bonds. The molecule has 2 aromatic rings. The number of hydrogen-bond donors (Lipinski definition) is 0. The SMILES string of the molecule is CC(=O)c1cccc(F)c1Oc1cccc([N+](=O)[O-])c1C. The van der Waals surface area contributed by atoms with E-state index in [9.17, 15) is 19.3 Å². The smallest absolute Gasteiger partial charge is 0.276 e. The molecule has 2 rings (SSSR count). The molecule has 0 radical (unpaired) electrons. The number of ether oxygens (including phenoxy) is 1. The van der Waals surface area contributed by atoms with Gasteiger partial charge >= 0.3 is 0 Å². The van der Waals surface area contributed by atoms with E-state index in [1.165, 1.54) is 44.2 Å². The summed E-state index contributed by atoms with van der Waals surface area (Å²) >= 11 is 0. The monoisotopic (exact) mass is 289 g/mol. The number of nitro benzene ring substituents is 1. The Morgan fingerprint density at radius 1 is 1.24 bits per heavy atom. The van der Waals surface area contributed by atoms with Crippen LogP contribution in [0.4, 0.5) is 10.1 Å². The van der Waals surface area contributed by atoms with Crippen molar-refractivity contribution < 1.29 is 18.8 Å². The second kappa shape index (κ2) is 5.70. The van der Waals surface area contributed by atoms with Crippen molar-refractivity contribution in [3.8, 4) is 11.5 Å². The lowest BCUT2D eigenvalue weighted by Crippen LogP contribution is -2.01.